The third-order valence-electron chi connectivity index (χ3n) is 2.69. The Bertz CT molecular complexity index is 412. The predicted molar refractivity (Wildman–Crippen MR) is 64.9 cm³/mol. The molecule has 2 aromatic rings. The first-order chi connectivity index (χ1) is 7.27. The predicted octanol–water partition coefficient (Wildman–Crippen LogP) is 3.90. The van der Waals surface area contributed by atoms with Crippen molar-refractivity contribution in [3.05, 3.63) is 77.2 Å². The Kier molecular flexibility index (Phi) is 2.86. The first-order valence-electron chi connectivity index (χ1n) is 5.23. The Morgan fingerprint density at radius 1 is 0.667 bits per heavy atom. The average molecular weight is 195 g/mol. The number of hydrogen-bond donors (Lipinski definition) is 0. The van der Waals surface area contributed by atoms with E-state index in [0.29, 0.717) is 0 Å². The van der Waals surface area contributed by atoms with Gasteiger partial charge in [-0.3, -0.25) is 0 Å². The third-order valence-corrected chi connectivity index (χ3v) is 2.69. The highest BCUT2D eigenvalue weighted by molar-refractivity contribution is 5.44. The summed E-state index contributed by atoms with van der Waals surface area (Å²) in [6, 6.07) is 16.9. The van der Waals surface area contributed by atoms with Crippen LogP contribution < -0.4 is 0 Å². The third kappa shape index (κ3) is 2.27. The van der Waals surface area contributed by atoms with Crippen molar-refractivity contribution in [3.63, 3.8) is 0 Å². The normalized spacial score (nSPS) is 10.3. The van der Waals surface area contributed by atoms with E-state index in [1.165, 1.54) is 22.3 Å². The van der Waals surface area contributed by atoms with E-state index in [1.54, 1.807) is 0 Å². The van der Waals surface area contributed by atoms with E-state index >= 15 is 0 Å². The molecule has 0 saturated heterocycles. The van der Waals surface area contributed by atoms with Gasteiger partial charge in [-0.05, 0) is 36.1 Å². The molecule has 2 rings (SSSR count). The van der Waals surface area contributed by atoms with Gasteiger partial charge in [0.15, 0.2) is 0 Å². The van der Waals surface area contributed by atoms with Crippen molar-refractivity contribution in [2.75, 3.05) is 0 Å². The summed E-state index contributed by atoms with van der Waals surface area (Å²) in [5, 5.41) is 0. The maximum atomic E-state index is 2.24. The van der Waals surface area contributed by atoms with Gasteiger partial charge in [-0.15, -0.1) is 0 Å². The van der Waals surface area contributed by atoms with Crippen LogP contribution in [0.1, 0.15) is 22.3 Å². The second-order valence-electron chi connectivity index (χ2n) is 3.86. The van der Waals surface area contributed by atoms with Gasteiger partial charge in [-0.25, -0.2) is 0 Å². The van der Waals surface area contributed by atoms with E-state index < -0.39 is 0 Å². The Morgan fingerprint density at radius 2 is 1.07 bits per heavy atom. The van der Waals surface area contributed by atoms with Crippen LogP contribution in [0.25, 0.3) is 0 Å². The molecule has 0 saturated carbocycles. The highest BCUT2D eigenvalue weighted by atomic mass is 14.1. The van der Waals surface area contributed by atoms with Crippen molar-refractivity contribution < 1.29 is 0 Å². The number of rotatable bonds is 2. The van der Waals surface area contributed by atoms with Crippen molar-refractivity contribution in [2.45, 2.75) is 13.8 Å². The second-order valence-corrected chi connectivity index (χ2v) is 3.86. The fourth-order valence-electron chi connectivity index (χ4n) is 1.67. The molecule has 0 amide bonds. The van der Waals surface area contributed by atoms with Crippen molar-refractivity contribution >= 4 is 0 Å². The summed E-state index contributed by atoms with van der Waals surface area (Å²) in [7, 11) is 0. The summed E-state index contributed by atoms with van der Waals surface area (Å²) in [6.45, 7) is 4.29. The summed E-state index contributed by atoms with van der Waals surface area (Å²) in [6.07, 6.45) is 2.24. The summed E-state index contributed by atoms with van der Waals surface area (Å²) in [5.41, 5.74) is 5.24. The zero-order valence-corrected chi connectivity index (χ0v) is 9.20. The average Bonchev–Trinajstić information content (AvgIpc) is 2.24. The molecule has 0 N–H and O–H groups in total. The molecule has 75 valence electrons. The first-order valence-corrected chi connectivity index (χ1v) is 5.23. The highest BCUT2D eigenvalue weighted by Gasteiger charge is 2.01. The topological polar surface area (TPSA) is 0 Å². The van der Waals surface area contributed by atoms with Gasteiger partial charge in [-0.1, -0.05) is 48.5 Å². The van der Waals surface area contributed by atoms with Crippen LogP contribution in [-0.2, 0) is 0 Å². The number of aryl methyl sites for hydroxylation is 2. The monoisotopic (exact) mass is 195 g/mol. The second kappa shape index (κ2) is 4.31. The van der Waals surface area contributed by atoms with Crippen LogP contribution in [-0.4, -0.2) is 0 Å². The lowest BCUT2D eigenvalue weighted by Crippen LogP contribution is -1.91. The molecule has 0 fully saturated rings. The van der Waals surface area contributed by atoms with Crippen molar-refractivity contribution in [3.8, 4) is 0 Å². The van der Waals surface area contributed by atoms with Crippen LogP contribution in [0.15, 0.2) is 48.5 Å². The fourth-order valence-corrected chi connectivity index (χ4v) is 1.67. The lowest BCUT2D eigenvalue weighted by molar-refractivity contribution is 1.30. The Balaban J connectivity index is 2.30. The van der Waals surface area contributed by atoms with Gasteiger partial charge in [0.25, 0.3) is 0 Å². The quantitative estimate of drug-likeness (QED) is 0.681. The van der Waals surface area contributed by atoms with Crippen LogP contribution in [0.4, 0.5) is 0 Å². The standard InChI is InChI=1S/C15H15/c1-12-7-3-5-9-14(12)11-15-10-6-4-8-13(15)2/h3-11H,1-2H3. The van der Waals surface area contributed by atoms with Crippen LogP contribution in [0.5, 0.6) is 0 Å². The van der Waals surface area contributed by atoms with E-state index in [0.717, 1.165) is 0 Å². The Morgan fingerprint density at radius 3 is 1.47 bits per heavy atom. The summed E-state index contributed by atoms with van der Waals surface area (Å²) in [5.74, 6) is 0. The largest absolute Gasteiger partial charge is 0.0620 e. The zero-order valence-electron chi connectivity index (χ0n) is 9.20. The molecule has 0 atom stereocenters. The summed E-state index contributed by atoms with van der Waals surface area (Å²) in [4.78, 5) is 0. The van der Waals surface area contributed by atoms with Gasteiger partial charge in [0.05, 0.1) is 0 Å². The molecule has 15 heavy (non-hydrogen) atoms. The molecule has 0 heterocycles. The van der Waals surface area contributed by atoms with Crippen LogP contribution in [0.2, 0.25) is 0 Å². The lowest BCUT2D eigenvalue weighted by Gasteiger charge is -2.07. The number of benzene rings is 2. The Hall–Kier alpha value is -1.56. The van der Waals surface area contributed by atoms with E-state index in [-0.39, 0.29) is 0 Å². The number of hydrogen-bond acceptors (Lipinski definition) is 0. The molecule has 0 aliphatic heterocycles. The first kappa shape index (κ1) is 9.97. The molecular formula is C15H15. The molecule has 0 bridgehead atoms. The molecular weight excluding hydrogens is 180 g/mol. The summed E-state index contributed by atoms with van der Waals surface area (Å²) >= 11 is 0. The van der Waals surface area contributed by atoms with Crippen LogP contribution >= 0.6 is 0 Å². The highest BCUT2D eigenvalue weighted by Crippen LogP contribution is 2.18. The molecule has 0 heteroatoms. The zero-order chi connectivity index (χ0) is 10.7. The van der Waals surface area contributed by atoms with E-state index in [4.69, 9.17) is 0 Å². The minimum atomic E-state index is 1.30. The van der Waals surface area contributed by atoms with Gasteiger partial charge < -0.3 is 0 Å². The summed E-state index contributed by atoms with van der Waals surface area (Å²) < 4.78 is 0. The van der Waals surface area contributed by atoms with Crippen molar-refractivity contribution in [2.24, 2.45) is 0 Å². The minimum absolute atomic E-state index is 1.30. The maximum Gasteiger partial charge on any atom is 0.0204 e. The molecule has 0 aliphatic carbocycles. The van der Waals surface area contributed by atoms with Crippen LogP contribution in [0, 0.1) is 20.3 Å². The minimum Gasteiger partial charge on any atom is -0.0620 e. The molecule has 1 radical (unpaired) electrons. The van der Waals surface area contributed by atoms with E-state index in [1.807, 2.05) is 0 Å². The molecule has 0 aliphatic rings. The van der Waals surface area contributed by atoms with Crippen LogP contribution in [0.3, 0.4) is 0 Å². The molecule has 0 spiro atoms. The van der Waals surface area contributed by atoms with E-state index in [2.05, 4.69) is 68.8 Å². The molecule has 0 unspecified atom stereocenters. The smallest absolute Gasteiger partial charge is 0.0204 e. The molecule has 0 aromatic heterocycles. The van der Waals surface area contributed by atoms with E-state index in [9.17, 15) is 0 Å². The van der Waals surface area contributed by atoms with Crippen molar-refractivity contribution in [1.82, 2.24) is 0 Å². The Labute approximate surface area is 91.6 Å². The van der Waals surface area contributed by atoms with Gasteiger partial charge in [0.1, 0.15) is 0 Å². The van der Waals surface area contributed by atoms with Crippen molar-refractivity contribution in [1.29, 1.82) is 0 Å². The SMILES string of the molecule is Cc1ccccc1[CH]c1ccccc1C. The van der Waals surface area contributed by atoms with Gasteiger partial charge in [0.2, 0.25) is 0 Å². The van der Waals surface area contributed by atoms with Gasteiger partial charge in [0, 0.05) is 6.42 Å². The van der Waals surface area contributed by atoms with Gasteiger partial charge in [-0.2, -0.15) is 0 Å². The maximum absolute atomic E-state index is 2.24. The molecule has 2 aromatic carbocycles. The fraction of sp³-hybridized carbons (Fsp3) is 0.133. The molecule has 0 nitrogen and oxygen atoms in total. The lowest BCUT2D eigenvalue weighted by atomic mass is 9.98. The van der Waals surface area contributed by atoms with Gasteiger partial charge >= 0.3 is 0 Å².